The summed E-state index contributed by atoms with van der Waals surface area (Å²) in [5.41, 5.74) is 8.77. The van der Waals surface area contributed by atoms with Crippen molar-refractivity contribution in [3.8, 4) is 11.5 Å². The van der Waals surface area contributed by atoms with E-state index < -0.39 is 0 Å². The Kier molecular flexibility index (Phi) is 6.97. The predicted molar refractivity (Wildman–Crippen MR) is 222 cm³/mol. The molecule has 0 aliphatic carbocycles. The molecule has 6 heteroatoms. The van der Waals surface area contributed by atoms with Crippen molar-refractivity contribution >= 4 is 60.2 Å². The zero-order chi connectivity index (χ0) is 35.6. The Morgan fingerprint density at radius 1 is 0.500 bits per heavy atom. The molecule has 256 valence electrons. The minimum atomic E-state index is -0.299. The van der Waals surface area contributed by atoms with Crippen LogP contribution in [-0.2, 0) is 0 Å². The fourth-order valence-corrected chi connectivity index (χ4v) is 8.32. The molecule has 0 saturated carbocycles. The molecule has 4 heterocycles. The molecule has 54 heavy (non-hydrogen) atoms. The summed E-state index contributed by atoms with van der Waals surface area (Å²) >= 11 is 0. The summed E-state index contributed by atoms with van der Waals surface area (Å²) in [6, 6.07) is 62.1. The zero-order valence-electron chi connectivity index (χ0n) is 29.2. The van der Waals surface area contributed by atoms with Gasteiger partial charge in [-0.1, -0.05) is 133 Å². The highest BCUT2D eigenvalue weighted by atomic mass is 15.3. The fraction of sp³-hybridized carbons (Fsp3) is 0.0417. The van der Waals surface area contributed by atoms with E-state index >= 15 is 0 Å². The Morgan fingerprint density at radius 3 is 1.91 bits per heavy atom. The lowest BCUT2D eigenvalue weighted by molar-refractivity contribution is 0.491. The number of aromatic nitrogens is 3. The van der Waals surface area contributed by atoms with Crippen molar-refractivity contribution in [2.24, 2.45) is 4.99 Å². The third kappa shape index (κ3) is 4.85. The van der Waals surface area contributed by atoms with Crippen molar-refractivity contribution in [2.75, 3.05) is 0 Å². The van der Waals surface area contributed by atoms with Crippen LogP contribution >= 0.6 is 0 Å². The molecule has 6 nitrogen and oxygen atoms in total. The molecule has 0 radical (unpaired) electrons. The van der Waals surface area contributed by atoms with Crippen LogP contribution in [0.4, 0.5) is 0 Å². The van der Waals surface area contributed by atoms with Crippen molar-refractivity contribution in [1.29, 1.82) is 0 Å². The number of nitrogens with zero attached hydrogens (tertiary/aromatic N) is 5. The SMILES string of the molecule is c1ccc(C2[N-]C(c3ccnc(-n4c5ccccc5c5cc6c7ccccc7n(-c7ccccc7)c6cc54)c3)=NC(c3cccc4ccccc34)N2)cc1. The van der Waals surface area contributed by atoms with E-state index in [2.05, 4.69) is 178 Å². The Morgan fingerprint density at radius 2 is 1.13 bits per heavy atom. The normalized spacial score (nSPS) is 16.0. The molecular formula is C48H33N6-. The largest absolute Gasteiger partial charge is 0.445 e. The molecule has 11 rings (SSSR count). The molecule has 0 spiro atoms. The lowest BCUT2D eigenvalue weighted by atomic mass is 10.0. The van der Waals surface area contributed by atoms with Gasteiger partial charge in [-0.15, -0.1) is 0 Å². The predicted octanol–water partition coefficient (Wildman–Crippen LogP) is 11.6. The van der Waals surface area contributed by atoms with Crippen LogP contribution in [-0.4, -0.2) is 20.0 Å². The van der Waals surface area contributed by atoms with Gasteiger partial charge < -0.3 is 20.2 Å². The van der Waals surface area contributed by atoms with Gasteiger partial charge in [0.15, 0.2) is 0 Å². The first-order valence-corrected chi connectivity index (χ1v) is 18.3. The molecule has 0 fully saturated rings. The summed E-state index contributed by atoms with van der Waals surface area (Å²) in [5.74, 6) is 1.51. The molecule has 7 aromatic carbocycles. The number of hydrogen-bond donors (Lipinski definition) is 1. The lowest BCUT2D eigenvalue weighted by Gasteiger charge is -2.40. The zero-order valence-corrected chi connectivity index (χ0v) is 29.2. The average Bonchev–Trinajstić information content (AvgIpc) is 3.75. The van der Waals surface area contributed by atoms with E-state index in [1.54, 1.807) is 0 Å². The van der Waals surface area contributed by atoms with E-state index in [9.17, 15) is 0 Å². The third-order valence-electron chi connectivity index (χ3n) is 10.8. The second kappa shape index (κ2) is 12.3. The number of aliphatic imine (C=N–C) groups is 1. The van der Waals surface area contributed by atoms with Gasteiger partial charge in [-0.3, -0.25) is 4.57 Å². The number of para-hydroxylation sites is 3. The van der Waals surface area contributed by atoms with Crippen LogP contribution in [0.25, 0.3) is 71.2 Å². The molecule has 1 aliphatic rings. The Balaban J connectivity index is 1.11. The molecule has 2 atom stereocenters. The molecule has 0 amide bonds. The number of nitrogens with one attached hydrogen (secondary N) is 1. The standard InChI is InChI=1S/C48H33N6/c1-3-15-32(16-4-1)46-50-47(52-48(51-46)38-23-13-17-31-14-7-8-20-35(31)38)33-26-27-49-45(28-33)54-42-25-12-10-22-37(42)40-29-39-36-21-9-11-24-41(36)53(43(39)30-44(40)54)34-18-5-2-6-19-34/h1-30,46,48,51H/q-1. The number of fused-ring (bicyclic) bond motifs is 7. The van der Waals surface area contributed by atoms with Crippen LogP contribution in [0.15, 0.2) is 187 Å². The summed E-state index contributed by atoms with van der Waals surface area (Å²) in [6.07, 6.45) is 1.31. The van der Waals surface area contributed by atoms with Crippen LogP contribution < -0.4 is 5.32 Å². The summed E-state index contributed by atoms with van der Waals surface area (Å²) in [5, 5.41) is 16.2. The van der Waals surface area contributed by atoms with Gasteiger partial charge in [0.25, 0.3) is 0 Å². The first kappa shape index (κ1) is 30.6. The highest BCUT2D eigenvalue weighted by molar-refractivity contribution is 6.19. The summed E-state index contributed by atoms with van der Waals surface area (Å²) in [6.45, 7) is 0. The van der Waals surface area contributed by atoms with E-state index in [0.717, 1.165) is 44.7 Å². The molecular weight excluding hydrogens is 661 g/mol. The first-order valence-electron chi connectivity index (χ1n) is 18.3. The molecule has 10 aromatic rings. The molecule has 0 bridgehead atoms. The highest BCUT2D eigenvalue weighted by Gasteiger charge is 2.22. The Labute approximate surface area is 311 Å². The van der Waals surface area contributed by atoms with E-state index in [1.807, 2.05) is 18.3 Å². The number of amidine groups is 1. The number of hydrogen-bond acceptors (Lipinski definition) is 3. The Bertz CT molecular complexity index is 3060. The van der Waals surface area contributed by atoms with Crippen LogP contribution in [0.3, 0.4) is 0 Å². The topological polar surface area (TPSA) is 61.2 Å². The van der Waals surface area contributed by atoms with Crippen molar-refractivity contribution in [3.63, 3.8) is 0 Å². The van der Waals surface area contributed by atoms with Crippen LogP contribution in [0.5, 0.6) is 0 Å². The van der Waals surface area contributed by atoms with Crippen LogP contribution in [0, 0.1) is 0 Å². The number of pyridine rings is 1. The maximum absolute atomic E-state index is 5.30. The molecule has 2 unspecified atom stereocenters. The summed E-state index contributed by atoms with van der Waals surface area (Å²) in [4.78, 5) is 10.3. The Hall–Kier alpha value is -7.02. The second-order valence-electron chi connectivity index (χ2n) is 13.9. The molecule has 1 N–H and O–H groups in total. The van der Waals surface area contributed by atoms with E-state index in [0.29, 0.717) is 5.84 Å². The van der Waals surface area contributed by atoms with Crippen molar-refractivity contribution in [3.05, 3.63) is 204 Å². The first-order chi connectivity index (χ1) is 26.8. The maximum atomic E-state index is 5.30. The average molecular weight is 694 g/mol. The minimum Gasteiger partial charge on any atom is -0.445 e. The maximum Gasteiger partial charge on any atom is 0.138 e. The van der Waals surface area contributed by atoms with Gasteiger partial charge in [-0.25, -0.2) is 4.98 Å². The van der Waals surface area contributed by atoms with Gasteiger partial charge in [0, 0.05) is 45.8 Å². The van der Waals surface area contributed by atoms with Gasteiger partial charge >= 0.3 is 0 Å². The monoisotopic (exact) mass is 693 g/mol. The van der Waals surface area contributed by atoms with Crippen molar-refractivity contribution in [1.82, 2.24) is 19.4 Å². The van der Waals surface area contributed by atoms with Crippen LogP contribution in [0.2, 0.25) is 0 Å². The van der Waals surface area contributed by atoms with Gasteiger partial charge in [0.2, 0.25) is 0 Å². The van der Waals surface area contributed by atoms with Gasteiger partial charge in [0.05, 0.1) is 22.1 Å². The second-order valence-corrected chi connectivity index (χ2v) is 13.9. The van der Waals surface area contributed by atoms with Crippen molar-refractivity contribution < 1.29 is 0 Å². The van der Waals surface area contributed by atoms with E-state index in [1.165, 1.54) is 37.8 Å². The fourth-order valence-electron chi connectivity index (χ4n) is 8.32. The minimum absolute atomic E-state index is 0.277. The molecule has 1 aliphatic heterocycles. The van der Waals surface area contributed by atoms with Crippen molar-refractivity contribution in [2.45, 2.75) is 12.3 Å². The van der Waals surface area contributed by atoms with Gasteiger partial charge in [0.1, 0.15) is 5.82 Å². The quantitative estimate of drug-likeness (QED) is 0.195. The number of rotatable bonds is 5. The third-order valence-corrected chi connectivity index (χ3v) is 10.8. The lowest BCUT2D eigenvalue weighted by Crippen LogP contribution is -2.32. The summed E-state index contributed by atoms with van der Waals surface area (Å²) < 4.78 is 4.66. The van der Waals surface area contributed by atoms with Gasteiger partial charge in [-0.05, 0) is 76.0 Å². The summed E-state index contributed by atoms with van der Waals surface area (Å²) in [7, 11) is 0. The van der Waals surface area contributed by atoms with Gasteiger partial charge in [-0.2, -0.15) is 0 Å². The molecule has 0 saturated heterocycles. The van der Waals surface area contributed by atoms with E-state index in [-0.39, 0.29) is 12.3 Å². The highest BCUT2D eigenvalue weighted by Crippen LogP contribution is 2.40. The molecule has 3 aromatic heterocycles. The van der Waals surface area contributed by atoms with Crippen LogP contribution in [0.1, 0.15) is 29.0 Å². The number of benzene rings is 7. The van der Waals surface area contributed by atoms with E-state index in [4.69, 9.17) is 15.3 Å². The smallest absolute Gasteiger partial charge is 0.138 e.